The third kappa shape index (κ3) is 4.97. The van der Waals surface area contributed by atoms with Crippen molar-refractivity contribution in [2.75, 3.05) is 26.7 Å². The fourth-order valence-electron chi connectivity index (χ4n) is 3.54. The summed E-state index contributed by atoms with van der Waals surface area (Å²) in [5, 5.41) is 11.0. The third-order valence-electron chi connectivity index (χ3n) is 5.00. The zero-order chi connectivity index (χ0) is 17.7. The highest BCUT2D eigenvalue weighted by Gasteiger charge is 2.32. The number of hydrogen-bond acceptors (Lipinski definition) is 3. The van der Waals surface area contributed by atoms with Gasteiger partial charge in [0.05, 0.1) is 12.2 Å². The second-order valence-corrected chi connectivity index (χ2v) is 7.89. The third-order valence-corrected chi connectivity index (χ3v) is 5.00. The van der Waals surface area contributed by atoms with Crippen molar-refractivity contribution in [3.8, 4) is 0 Å². The van der Waals surface area contributed by atoms with Crippen molar-refractivity contribution in [1.29, 1.82) is 0 Å². The number of nitrogens with one attached hydrogen (secondary N) is 2. The van der Waals surface area contributed by atoms with Crippen molar-refractivity contribution in [3.63, 3.8) is 0 Å². The number of nitrogens with zero attached hydrogens (tertiary/aromatic N) is 4. The van der Waals surface area contributed by atoms with Gasteiger partial charge in [-0.2, -0.15) is 5.10 Å². The van der Waals surface area contributed by atoms with Gasteiger partial charge in [0.25, 0.3) is 0 Å². The van der Waals surface area contributed by atoms with Crippen molar-refractivity contribution in [1.82, 2.24) is 25.3 Å². The lowest BCUT2D eigenvalue weighted by Crippen LogP contribution is -2.57. The number of likely N-dealkylation sites (tertiary alicyclic amines) is 1. The van der Waals surface area contributed by atoms with Gasteiger partial charge >= 0.3 is 0 Å². The zero-order valence-corrected chi connectivity index (χ0v) is 16.1. The Bertz CT molecular complexity index is 537. The Hall–Kier alpha value is -1.56. The highest BCUT2D eigenvalue weighted by atomic mass is 15.3. The van der Waals surface area contributed by atoms with Gasteiger partial charge in [-0.25, -0.2) is 0 Å². The van der Waals surface area contributed by atoms with Crippen LogP contribution in [0.2, 0.25) is 0 Å². The molecule has 2 N–H and O–H groups in total. The number of rotatable bonds is 5. The number of aryl methyl sites for hydroxylation is 1. The van der Waals surface area contributed by atoms with Crippen molar-refractivity contribution >= 4 is 5.96 Å². The average Bonchev–Trinajstić information content (AvgIpc) is 2.92. The second-order valence-electron chi connectivity index (χ2n) is 7.89. The Balaban J connectivity index is 1.86. The van der Waals surface area contributed by atoms with Crippen molar-refractivity contribution in [2.24, 2.45) is 23.9 Å². The van der Waals surface area contributed by atoms with Gasteiger partial charge in [-0.1, -0.05) is 13.8 Å². The van der Waals surface area contributed by atoms with Crippen LogP contribution >= 0.6 is 0 Å². The molecule has 0 spiro atoms. The standard InChI is InChI=1S/C18H34N6/c1-14-9-15(2)12-24(11-14)18(3,4)13-21-17(19-5)20-10-16-7-8-22-23(16)6/h7-8,14-15H,9-13H2,1-6H3,(H2,19,20,21). The molecule has 1 fully saturated rings. The first kappa shape index (κ1) is 18.8. The van der Waals surface area contributed by atoms with Gasteiger partial charge in [-0.15, -0.1) is 0 Å². The van der Waals surface area contributed by atoms with Gasteiger partial charge in [0, 0.05) is 45.5 Å². The lowest BCUT2D eigenvalue weighted by atomic mass is 9.88. The Morgan fingerprint density at radius 1 is 1.29 bits per heavy atom. The predicted molar refractivity (Wildman–Crippen MR) is 100 cm³/mol. The molecule has 1 aliphatic rings. The topological polar surface area (TPSA) is 57.5 Å². The second kappa shape index (κ2) is 8.01. The van der Waals surface area contributed by atoms with E-state index in [4.69, 9.17) is 0 Å². The molecular formula is C18H34N6. The number of aromatic nitrogens is 2. The molecule has 6 nitrogen and oxygen atoms in total. The Kier molecular flexibility index (Phi) is 6.27. The van der Waals surface area contributed by atoms with E-state index in [2.05, 4.69) is 53.3 Å². The largest absolute Gasteiger partial charge is 0.355 e. The SMILES string of the molecule is CN=C(NCc1ccnn1C)NCC(C)(C)N1CC(C)CC(C)C1. The van der Waals surface area contributed by atoms with Gasteiger partial charge in [-0.3, -0.25) is 14.6 Å². The summed E-state index contributed by atoms with van der Waals surface area (Å²) in [5.41, 5.74) is 1.24. The van der Waals surface area contributed by atoms with Crippen LogP contribution in [0.4, 0.5) is 0 Å². The lowest BCUT2D eigenvalue weighted by molar-refractivity contribution is 0.0483. The number of guanidine groups is 1. The van der Waals surface area contributed by atoms with Crippen LogP contribution in [0.5, 0.6) is 0 Å². The van der Waals surface area contributed by atoms with Crippen LogP contribution in [0.3, 0.4) is 0 Å². The molecule has 0 amide bonds. The molecule has 2 atom stereocenters. The van der Waals surface area contributed by atoms with Crippen molar-refractivity contribution in [2.45, 2.75) is 46.2 Å². The van der Waals surface area contributed by atoms with E-state index in [-0.39, 0.29) is 5.54 Å². The van der Waals surface area contributed by atoms with Crippen LogP contribution in [0.15, 0.2) is 17.3 Å². The van der Waals surface area contributed by atoms with E-state index in [9.17, 15) is 0 Å². The molecule has 2 heterocycles. The first-order chi connectivity index (χ1) is 11.3. The molecule has 6 heteroatoms. The first-order valence-electron chi connectivity index (χ1n) is 8.98. The maximum absolute atomic E-state index is 4.34. The molecule has 1 aromatic heterocycles. The molecule has 136 valence electrons. The van der Waals surface area contributed by atoms with Crippen LogP contribution in [0.1, 0.15) is 39.8 Å². The highest BCUT2D eigenvalue weighted by molar-refractivity contribution is 5.79. The molecular weight excluding hydrogens is 300 g/mol. The summed E-state index contributed by atoms with van der Waals surface area (Å²) in [7, 11) is 3.77. The van der Waals surface area contributed by atoms with Crippen LogP contribution < -0.4 is 10.6 Å². The molecule has 2 unspecified atom stereocenters. The van der Waals surface area contributed by atoms with Gasteiger partial charge in [-0.05, 0) is 38.2 Å². The molecule has 0 bridgehead atoms. The Morgan fingerprint density at radius 3 is 2.50 bits per heavy atom. The Morgan fingerprint density at radius 2 is 1.96 bits per heavy atom. The van der Waals surface area contributed by atoms with Gasteiger partial charge < -0.3 is 10.6 Å². The summed E-state index contributed by atoms with van der Waals surface area (Å²) in [6, 6.07) is 2.01. The Labute approximate surface area is 146 Å². The summed E-state index contributed by atoms with van der Waals surface area (Å²) in [4.78, 5) is 6.96. The van der Waals surface area contributed by atoms with E-state index in [1.165, 1.54) is 19.5 Å². The molecule has 1 aliphatic heterocycles. The van der Waals surface area contributed by atoms with E-state index in [1.54, 1.807) is 0 Å². The summed E-state index contributed by atoms with van der Waals surface area (Å²) in [6.07, 6.45) is 3.16. The van der Waals surface area contributed by atoms with Gasteiger partial charge in [0.1, 0.15) is 0 Å². The van der Waals surface area contributed by atoms with E-state index in [0.717, 1.165) is 30.0 Å². The van der Waals surface area contributed by atoms with Gasteiger partial charge in [0.15, 0.2) is 5.96 Å². The minimum absolute atomic E-state index is 0.104. The first-order valence-corrected chi connectivity index (χ1v) is 8.98. The van der Waals surface area contributed by atoms with Gasteiger partial charge in [0.2, 0.25) is 0 Å². The molecule has 1 saturated heterocycles. The maximum atomic E-state index is 4.34. The number of aliphatic imine (C=N–C) groups is 1. The molecule has 2 rings (SSSR count). The summed E-state index contributed by atoms with van der Waals surface area (Å²) < 4.78 is 1.88. The number of piperidine rings is 1. The van der Waals surface area contributed by atoms with E-state index >= 15 is 0 Å². The monoisotopic (exact) mass is 334 g/mol. The normalized spacial score (nSPS) is 23.3. The summed E-state index contributed by atoms with van der Waals surface area (Å²) in [6.45, 7) is 13.3. The molecule has 0 aliphatic carbocycles. The number of hydrogen-bond donors (Lipinski definition) is 2. The van der Waals surface area contributed by atoms with Crippen LogP contribution in [-0.4, -0.2) is 52.9 Å². The highest BCUT2D eigenvalue weighted by Crippen LogP contribution is 2.26. The van der Waals surface area contributed by atoms with E-state index < -0.39 is 0 Å². The molecule has 0 radical (unpaired) electrons. The van der Waals surface area contributed by atoms with Crippen molar-refractivity contribution < 1.29 is 0 Å². The van der Waals surface area contributed by atoms with Crippen LogP contribution in [-0.2, 0) is 13.6 Å². The average molecular weight is 335 g/mol. The van der Waals surface area contributed by atoms with Crippen LogP contribution in [0.25, 0.3) is 0 Å². The molecule has 0 aromatic carbocycles. The van der Waals surface area contributed by atoms with Crippen LogP contribution in [0, 0.1) is 11.8 Å². The zero-order valence-electron chi connectivity index (χ0n) is 16.1. The molecule has 1 aromatic rings. The molecule has 0 saturated carbocycles. The van der Waals surface area contributed by atoms with E-state index in [1.807, 2.05) is 31.0 Å². The predicted octanol–water partition coefficient (Wildman–Crippen LogP) is 1.84. The minimum Gasteiger partial charge on any atom is -0.355 e. The fourth-order valence-corrected chi connectivity index (χ4v) is 3.54. The minimum atomic E-state index is 0.104. The quantitative estimate of drug-likeness (QED) is 0.637. The molecule has 24 heavy (non-hydrogen) atoms. The maximum Gasteiger partial charge on any atom is 0.191 e. The summed E-state index contributed by atoms with van der Waals surface area (Å²) >= 11 is 0. The fraction of sp³-hybridized carbons (Fsp3) is 0.778. The smallest absolute Gasteiger partial charge is 0.191 e. The lowest BCUT2D eigenvalue weighted by Gasteiger charge is -2.45. The van der Waals surface area contributed by atoms with E-state index in [0.29, 0.717) is 6.54 Å². The van der Waals surface area contributed by atoms with Crippen molar-refractivity contribution in [3.05, 3.63) is 18.0 Å². The summed E-state index contributed by atoms with van der Waals surface area (Å²) in [5.74, 6) is 2.38.